The van der Waals surface area contributed by atoms with Crippen molar-refractivity contribution in [2.24, 2.45) is 5.92 Å². The second-order valence-corrected chi connectivity index (χ2v) is 6.92. The number of ether oxygens (including phenoxy) is 1. The van der Waals surface area contributed by atoms with E-state index < -0.39 is 23.7 Å². The highest BCUT2D eigenvalue weighted by Crippen LogP contribution is 2.28. The summed E-state index contributed by atoms with van der Waals surface area (Å²) in [5, 5.41) is 9.35. The van der Waals surface area contributed by atoms with E-state index in [1.165, 1.54) is 17.0 Å². The molecule has 1 aromatic carbocycles. The molecule has 5 nitrogen and oxygen atoms in total. The minimum Gasteiger partial charge on any atom is -0.480 e. The fraction of sp³-hybridized carbons (Fsp3) is 0.529. The van der Waals surface area contributed by atoms with Gasteiger partial charge in [-0.15, -0.1) is 0 Å². The highest BCUT2D eigenvalue weighted by Gasteiger charge is 2.41. The van der Waals surface area contributed by atoms with Crippen LogP contribution >= 0.6 is 0 Å². The van der Waals surface area contributed by atoms with Crippen LogP contribution in [0, 0.1) is 11.7 Å². The Morgan fingerprint density at radius 2 is 1.91 bits per heavy atom. The average Bonchev–Trinajstić information content (AvgIpc) is 2.84. The highest BCUT2D eigenvalue weighted by atomic mass is 19.1. The van der Waals surface area contributed by atoms with E-state index in [9.17, 15) is 19.1 Å². The van der Waals surface area contributed by atoms with Crippen molar-refractivity contribution in [3.8, 4) is 0 Å². The van der Waals surface area contributed by atoms with Crippen molar-refractivity contribution in [2.45, 2.75) is 45.3 Å². The topological polar surface area (TPSA) is 66.8 Å². The van der Waals surface area contributed by atoms with Crippen molar-refractivity contribution >= 4 is 12.1 Å². The number of benzene rings is 1. The SMILES string of the molecule is CC(C)(C)OC(=O)N1CC(Cc2ccc(F)cc2)CC1C(=O)O. The van der Waals surface area contributed by atoms with E-state index in [-0.39, 0.29) is 11.7 Å². The lowest BCUT2D eigenvalue weighted by Gasteiger charge is -2.26. The lowest BCUT2D eigenvalue weighted by Crippen LogP contribution is -2.43. The lowest BCUT2D eigenvalue weighted by molar-refractivity contribution is -0.142. The summed E-state index contributed by atoms with van der Waals surface area (Å²) in [5.41, 5.74) is 0.251. The second kappa shape index (κ2) is 6.56. The molecule has 2 unspecified atom stereocenters. The molecule has 0 spiro atoms. The molecule has 1 fully saturated rings. The van der Waals surface area contributed by atoms with Gasteiger partial charge in [0.05, 0.1) is 0 Å². The van der Waals surface area contributed by atoms with Crippen LogP contribution in [0.2, 0.25) is 0 Å². The van der Waals surface area contributed by atoms with E-state index >= 15 is 0 Å². The van der Waals surface area contributed by atoms with Crippen molar-refractivity contribution < 1.29 is 23.8 Å². The molecule has 1 heterocycles. The van der Waals surface area contributed by atoms with E-state index in [2.05, 4.69) is 0 Å². The van der Waals surface area contributed by atoms with Gasteiger partial charge in [0.2, 0.25) is 0 Å². The van der Waals surface area contributed by atoms with E-state index in [4.69, 9.17) is 4.74 Å². The molecule has 0 aliphatic carbocycles. The van der Waals surface area contributed by atoms with Gasteiger partial charge in [0, 0.05) is 6.54 Å². The van der Waals surface area contributed by atoms with Crippen LogP contribution in [0.25, 0.3) is 0 Å². The number of rotatable bonds is 3. The third-order valence-corrected chi connectivity index (χ3v) is 3.74. The van der Waals surface area contributed by atoms with Crippen LogP contribution in [-0.2, 0) is 16.0 Å². The maximum Gasteiger partial charge on any atom is 0.411 e. The number of carbonyl (C=O) groups excluding carboxylic acids is 1. The van der Waals surface area contributed by atoms with Gasteiger partial charge in [-0.3, -0.25) is 4.90 Å². The molecule has 1 saturated heterocycles. The summed E-state index contributed by atoms with van der Waals surface area (Å²) in [7, 11) is 0. The third kappa shape index (κ3) is 4.68. The monoisotopic (exact) mass is 323 g/mol. The Hall–Kier alpha value is -2.11. The Morgan fingerprint density at radius 1 is 1.30 bits per heavy atom. The molecular formula is C17H22FNO4. The molecule has 2 atom stereocenters. The summed E-state index contributed by atoms with van der Waals surface area (Å²) in [4.78, 5) is 24.9. The molecule has 0 radical (unpaired) electrons. The summed E-state index contributed by atoms with van der Waals surface area (Å²) in [6.45, 7) is 5.55. The van der Waals surface area contributed by atoms with Crippen LogP contribution < -0.4 is 0 Å². The van der Waals surface area contributed by atoms with E-state index in [0.717, 1.165) is 5.56 Å². The highest BCUT2D eigenvalue weighted by molar-refractivity contribution is 5.81. The molecule has 0 bridgehead atoms. The van der Waals surface area contributed by atoms with Gasteiger partial charge in [-0.1, -0.05) is 12.1 Å². The molecule has 1 aliphatic rings. The zero-order chi connectivity index (χ0) is 17.2. The number of carbonyl (C=O) groups is 2. The predicted molar refractivity (Wildman–Crippen MR) is 82.6 cm³/mol. The molecular weight excluding hydrogens is 301 g/mol. The zero-order valence-electron chi connectivity index (χ0n) is 13.6. The summed E-state index contributed by atoms with van der Waals surface area (Å²) >= 11 is 0. The number of likely N-dealkylation sites (tertiary alicyclic amines) is 1. The average molecular weight is 323 g/mol. The number of hydrogen-bond acceptors (Lipinski definition) is 3. The Balaban J connectivity index is 2.06. The number of carboxylic acid groups (broad SMARTS) is 1. The molecule has 23 heavy (non-hydrogen) atoms. The Labute approximate surface area is 135 Å². The van der Waals surface area contributed by atoms with Crippen LogP contribution in [0.5, 0.6) is 0 Å². The number of aliphatic carboxylic acids is 1. The fourth-order valence-corrected chi connectivity index (χ4v) is 2.78. The smallest absolute Gasteiger partial charge is 0.411 e. The molecule has 1 aromatic rings. The van der Waals surface area contributed by atoms with Crippen LogP contribution in [0.15, 0.2) is 24.3 Å². The standard InChI is InChI=1S/C17H22FNO4/c1-17(2,3)23-16(22)19-10-12(9-14(19)15(20)21)8-11-4-6-13(18)7-5-11/h4-7,12,14H,8-10H2,1-3H3,(H,20,21). The Bertz CT molecular complexity index is 579. The number of nitrogens with zero attached hydrogens (tertiary/aromatic N) is 1. The number of amides is 1. The first-order chi connectivity index (χ1) is 10.7. The van der Waals surface area contributed by atoms with Crippen LogP contribution in [0.4, 0.5) is 9.18 Å². The minimum atomic E-state index is -1.03. The molecule has 6 heteroatoms. The van der Waals surface area contributed by atoms with Gasteiger partial charge < -0.3 is 9.84 Å². The third-order valence-electron chi connectivity index (χ3n) is 3.74. The summed E-state index contributed by atoms with van der Waals surface area (Å²) in [6.07, 6.45) is 0.362. The van der Waals surface area contributed by atoms with Gasteiger partial charge in [0.1, 0.15) is 17.5 Å². The normalized spacial score (nSPS) is 21.3. The molecule has 1 amide bonds. The van der Waals surface area contributed by atoms with Gasteiger partial charge in [0.25, 0.3) is 0 Å². The van der Waals surface area contributed by atoms with Crippen molar-refractivity contribution in [2.75, 3.05) is 6.54 Å². The van der Waals surface area contributed by atoms with Gasteiger partial charge in [-0.25, -0.2) is 14.0 Å². The largest absolute Gasteiger partial charge is 0.480 e. The maximum absolute atomic E-state index is 12.9. The van der Waals surface area contributed by atoms with Gasteiger partial charge >= 0.3 is 12.1 Å². The van der Waals surface area contributed by atoms with Crippen molar-refractivity contribution in [1.29, 1.82) is 0 Å². The van der Waals surface area contributed by atoms with Gasteiger partial charge in [-0.05, 0) is 57.2 Å². The first-order valence-electron chi connectivity index (χ1n) is 7.62. The number of carboxylic acids is 1. The minimum absolute atomic E-state index is 0.00841. The Morgan fingerprint density at radius 3 is 2.43 bits per heavy atom. The van der Waals surface area contributed by atoms with Gasteiger partial charge in [-0.2, -0.15) is 0 Å². The van der Waals surface area contributed by atoms with Gasteiger partial charge in [0.15, 0.2) is 0 Å². The number of halogens is 1. The van der Waals surface area contributed by atoms with E-state index in [1.807, 2.05) is 0 Å². The zero-order valence-corrected chi connectivity index (χ0v) is 13.6. The lowest BCUT2D eigenvalue weighted by atomic mass is 9.97. The first-order valence-corrected chi connectivity index (χ1v) is 7.62. The molecule has 0 saturated carbocycles. The molecule has 126 valence electrons. The van der Waals surface area contributed by atoms with E-state index in [0.29, 0.717) is 19.4 Å². The van der Waals surface area contributed by atoms with Crippen LogP contribution in [0.3, 0.4) is 0 Å². The van der Waals surface area contributed by atoms with Crippen molar-refractivity contribution in [1.82, 2.24) is 4.90 Å². The second-order valence-electron chi connectivity index (χ2n) is 6.92. The maximum atomic E-state index is 12.9. The Kier molecular flexibility index (Phi) is 4.92. The molecule has 2 rings (SSSR count). The van der Waals surface area contributed by atoms with Crippen molar-refractivity contribution in [3.63, 3.8) is 0 Å². The predicted octanol–water partition coefficient (Wildman–Crippen LogP) is 3.08. The number of hydrogen-bond donors (Lipinski definition) is 1. The first kappa shape index (κ1) is 17.2. The summed E-state index contributed by atoms with van der Waals surface area (Å²) < 4.78 is 18.2. The van der Waals surface area contributed by atoms with Crippen LogP contribution in [0.1, 0.15) is 32.8 Å². The summed E-state index contributed by atoms with van der Waals surface area (Å²) in [5.74, 6) is -1.33. The summed E-state index contributed by atoms with van der Waals surface area (Å²) in [6, 6.07) is 5.24. The fourth-order valence-electron chi connectivity index (χ4n) is 2.78. The van der Waals surface area contributed by atoms with Crippen molar-refractivity contribution in [3.05, 3.63) is 35.6 Å². The molecule has 1 N–H and O–H groups in total. The van der Waals surface area contributed by atoms with E-state index in [1.54, 1.807) is 32.9 Å². The van der Waals surface area contributed by atoms with Crippen LogP contribution in [-0.4, -0.2) is 40.3 Å². The quantitative estimate of drug-likeness (QED) is 0.928. The molecule has 1 aliphatic heterocycles. The molecule has 0 aromatic heterocycles.